The number of rotatable bonds is 22. The van der Waals surface area contributed by atoms with Gasteiger partial charge in [-0.1, -0.05) is 135 Å². The summed E-state index contributed by atoms with van der Waals surface area (Å²) in [6.45, 7) is 18.8. The average Bonchev–Trinajstić information content (AvgIpc) is 3.79. The second kappa shape index (κ2) is 20.3. The molecule has 0 spiro atoms. The predicted octanol–water partition coefficient (Wildman–Crippen LogP) is 10.7. The van der Waals surface area contributed by atoms with E-state index in [-0.39, 0.29) is 5.57 Å². The van der Waals surface area contributed by atoms with Gasteiger partial charge < -0.3 is 9.80 Å². The molecule has 0 saturated heterocycles. The molecule has 10 heteroatoms. The number of aromatic nitrogens is 4. The molecule has 2 aromatic heterocycles. The Morgan fingerprint density at radius 1 is 0.843 bits per heavy atom. The number of nitriles is 1. The smallest absolute Gasteiger partial charge is 0.291 e. The van der Waals surface area contributed by atoms with Gasteiger partial charge in [0, 0.05) is 37.3 Å². The molecule has 276 valence electrons. The Hall–Kier alpha value is -3.84. The highest BCUT2D eigenvalue weighted by Gasteiger charge is 2.34. The van der Waals surface area contributed by atoms with Gasteiger partial charge in [-0.15, -0.1) is 5.10 Å². The summed E-state index contributed by atoms with van der Waals surface area (Å²) >= 11 is 1.60. The van der Waals surface area contributed by atoms with Crippen molar-refractivity contribution in [3.63, 3.8) is 0 Å². The van der Waals surface area contributed by atoms with Crippen molar-refractivity contribution in [2.45, 2.75) is 126 Å². The first-order valence-corrected chi connectivity index (χ1v) is 20.4. The molecular formula is C41H60N8OS. The molecule has 51 heavy (non-hydrogen) atoms. The summed E-state index contributed by atoms with van der Waals surface area (Å²) in [5.41, 5.74) is 2.85. The van der Waals surface area contributed by atoms with E-state index >= 15 is 0 Å². The highest BCUT2D eigenvalue weighted by atomic mass is 32.1. The van der Waals surface area contributed by atoms with Gasteiger partial charge in [0.05, 0.1) is 0 Å². The van der Waals surface area contributed by atoms with Crippen LogP contribution in [0.3, 0.4) is 0 Å². The number of anilines is 2. The lowest BCUT2D eigenvalue weighted by Gasteiger charge is -2.30. The Kier molecular flexibility index (Phi) is 15.9. The Morgan fingerprint density at radius 2 is 1.43 bits per heavy atom. The second-order valence-corrected chi connectivity index (χ2v) is 14.9. The Bertz CT molecular complexity index is 1620. The van der Waals surface area contributed by atoms with E-state index in [1.165, 1.54) is 43.2 Å². The van der Waals surface area contributed by atoms with Gasteiger partial charge in [0.15, 0.2) is 11.0 Å². The van der Waals surface area contributed by atoms with E-state index < -0.39 is 5.91 Å². The summed E-state index contributed by atoms with van der Waals surface area (Å²) in [6.07, 6.45) is 13.6. The Morgan fingerprint density at radius 3 is 1.96 bits per heavy atom. The average molecular weight is 713 g/mol. The van der Waals surface area contributed by atoms with Gasteiger partial charge >= 0.3 is 0 Å². The highest BCUT2D eigenvalue weighted by Crippen LogP contribution is 2.42. The molecule has 0 radical (unpaired) electrons. The number of benzene rings is 1. The van der Waals surface area contributed by atoms with E-state index in [0.717, 1.165) is 86.1 Å². The maximum Gasteiger partial charge on any atom is 0.291 e. The van der Waals surface area contributed by atoms with Gasteiger partial charge in [-0.2, -0.15) is 14.9 Å². The maximum atomic E-state index is 13.6. The van der Waals surface area contributed by atoms with E-state index in [0.29, 0.717) is 34.9 Å². The summed E-state index contributed by atoms with van der Waals surface area (Å²) in [5.74, 6) is 1.60. The van der Waals surface area contributed by atoms with E-state index in [1.54, 1.807) is 18.3 Å². The molecule has 2 atom stereocenters. The standard InChI is InChI=1S/C41H60N8OS/c1-8-14-21-31(12-5)28-48(29-32(13-6)22-15-9-2)41-44-36(33-23-19-18-20-24-33)38(51-41)43-35-30(7)34(27-42)39(50)49-37(35)45-40(46-49)47(25-16-10-3)26-17-11-4/h18-20,23-24,31-32H,8-17,21-22,25-26,28-29H2,1-7H3. The summed E-state index contributed by atoms with van der Waals surface area (Å²) < 4.78 is 1.29. The molecule has 0 amide bonds. The lowest BCUT2D eigenvalue weighted by molar-refractivity contribution is 0.0942. The number of fused-ring (bicyclic) bond motifs is 1. The minimum absolute atomic E-state index is 0.0439. The van der Waals surface area contributed by atoms with Crippen molar-refractivity contribution < 1.29 is 4.79 Å². The number of carbonyl (C=O) groups is 1. The van der Waals surface area contributed by atoms with E-state index in [9.17, 15) is 10.1 Å². The number of aliphatic imine (C=N–C) groups is 1. The largest absolute Gasteiger partial charge is 0.347 e. The van der Waals surface area contributed by atoms with Crippen LogP contribution in [0.1, 0.15) is 136 Å². The molecule has 0 bridgehead atoms. The first-order chi connectivity index (χ1) is 24.8. The zero-order chi connectivity index (χ0) is 36.8. The van der Waals surface area contributed by atoms with Gasteiger partial charge in [0.2, 0.25) is 5.95 Å². The maximum absolute atomic E-state index is 13.6. The van der Waals surface area contributed by atoms with Crippen LogP contribution in [-0.4, -0.2) is 57.5 Å². The molecule has 0 N–H and O–H groups in total. The number of unbranched alkanes of at least 4 members (excludes halogenated alkanes) is 4. The Labute approximate surface area is 310 Å². The summed E-state index contributed by atoms with van der Waals surface area (Å²) in [7, 11) is 0. The van der Waals surface area contributed by atoms with Crippen LogP contribution in [0.2, 0.25) is 0 Å². The predicted molar refractivity (Wildman–Crippen MR) is 214 cm³/mol. The molecule has 1 aliphatic rings. The van der Waals surface area contributed by atoms with Crippen LogP contribution >= 0.6 is 11.3 Å². The minimum Gasteiger partial charge on any atom is -0.347 e. The number of thiazole rings is 1. The first-order valence-electron chi connectivity index (χ1n) is 19.6. The molecule has 1 aliphatic heterocycles. The highest BCUT2D eigenvalue weighted by molar-refractivity contribution is 7.19. The quantitative estimate of drug-likeness (QED) is 0.102. The molecule has 1 aromatic carbocycles. The van der Waals surface area contributed by atoms with Crippen LogP contribution in [0.25, 0.3) is 11.3 Å². The lowest BCUT2D eigenvalue weighted by atomic mass is 9.96. The topological polar surface area (TPSA) is 103 Å². The van der Waals surface area contributed by atoms with Crippen molar-refractivity contribution in [1.29, 1.82) is 5.26 Å². The number of nitrogens with zero attached hydrogens (tertiary/aromatic N) is 8. The fraction of sp³-hybridized carbons (Fsp3) is 0.610. The molecular weight excluding hydrogens is 653 g/mol. The van der Waals surface area contributed by atoms with Crippen molar-refractivity contribution in [3.05, 3.63) is 47.3 Å². The summed E-state index contributed by atoms with van der Waals surface area (Å²) in [5, 5.41) is 16.6. The van der Waals surface area contributed by atoms with Crippen LogP contribution in [-0.2, 0) is 0 Å². The summed E-state index contributed by atoms with van der Waals surface area (Å²) in [6, 6.07) is 12.4. The van der Waals surface area contributed by atoms with E-state index in [2.05, 4.69) is 69.5 Å². The van der Waals surface area contributed by atoms with Crippen LogP contribution in [0.15, 0.2) is 46.5 Å². The van der Waals surface area contributed by atoms with Gasteiger partial charge in [0.25, 0.3) is 5.91 Å². The fourth-order valence-corrected chi connectivity index (χ4v) is 7.63. The van der Waals surface area contributed by atoms with Crippen molar-refractivity contribution in [1.82, 2.24) is 19.7 Å². The van der Waals surface area contributed by atoms with E-state index in [4.69, 9.17) is 20.1 Å². The third-order valence-electron chi connectivity index (χ3n) is 10.1. The SMILES string of the molecule is CCCCC(CC)CN(CC(CC)CCCC)c1nc(-c2ccccc2)c(N=C2C(C)=C(C#N)C(=O)n3nc(N(CCCC)CCCC)nc32)s1. The van der Waals surface area contributed by atoms with E-state index in [1.807, 2.05) is 18.2 Å². The number of carbonyl (C=O) groups excluding carboxylic acids is 1. The Balaban J connectivity index is 1.88. The van der Waals surface area contributed by atoms with Crippen LogP contribution in [0.4, 0.5) is 16.1 Å². The monoisotopic (exact) mass is 712 g/mol. The summed E-state index contributed by atoms with van der Waals surface area (Å²) in [4.78, 5) is 33.9. The molecule has 0 aliphatic carbocycles. The lowest BCUT2D eigenvalue weighted by Crippen LogP contribution is -2.34. The minimum atomic E-state index is -0.455. The third-order valence-corrected chi connectivity index (χ3v) is 11.1. The van der Waals surface area contributed by atoms with Gasteiger partial charge in [-0.3, -0.25) is 4.79 Å². The van der Waals surface area contributed by atoms with Crippen molar-refractivity contribution >= 4 is 39.0 Å². The van der Waals surface area contributed by atoms with Gasteiger partial charge in [-0.25, -0.2) is 9.98 Å². The molecule has 9 nitrogen and oxygen atoms in total. The zero-order valence-electron chi connectivity index (χ0n) is 32.2. The molecule has 3 heterocycles. The first kappa shape index (κ1) is 39.9. The fourth-order valence-electron chi connectivity index (χ4n) is 6.64. The number of hydrogen-bond donors (Lipinski definition) is 0. The van der Waals surface area contributed by atoms with Crippen LogP contribution in [0, 0.1) is 23.2 Å². The zero-order valence-corrected chi connectivity index (χ0v) is 33.1. The van der Waals surface area contributed by atoms with Crippen LogP contribution < -0.4 is 9.80 Å². The van der Waals surface area contributed by atoms with Gasteiger partial charge in [-0.05, 0) is 44.4 Å². The number of hydrogen-bond acceptors (Lipinski definition) is 9. The van der Waals surface area contributed by atoms with Crippen LogP contribution in [0.5, 0.6) is 0 Å². The van der Waals surface area contributed by atoms with Gasteiger partial charge in [0.1, 0.15) is 28.0 Å². The van der Waals surface area contributed by atoms with Crippen molar-refractivity contribution in [2.75, 3.05) is 36.0 Å². The van der Waals surface area contributed by atoms with Crippen molar-refractivity contribution in [2.24, 2.45) is 16.8 Å². The second-order valence-electron chi connectivity index (χ2n) is 14.0. The molecule has 2 unspecified atom stereocenters. The third kappa shape index (κ3) is 10.2. The molecule has 4 rings (SSSR count). The normalized spacial score (nSPS) is 14.9. The molecule has 0 saturated carbocycles. The number of allylic oxidation sites excluding steroid dienone is 2. The van der Waals surface area contributed by atoms with Crippen molar-refractivity contribution in [3.8, 4) is 17.3 Å². The molecule has 0 fully saturated rings. The molecule has 3 aromatic rings.